The molecule has 0 unspecified atom stereocenters. The van der Waals surface area contributed by atoms with Crippen molar-refractivity contribution in [1.82, 2.24) is 9.88 Å². The van der Waals surface area contributed by atoms with Crippen molar-refractivity contribution in [2.75, 3.05) is 13.1 Å². The summed E-state index contributed by atoms with van der Waals surface area (Å²) in [7, 11) is 0. The summed E-state index contributed by atoms with van der Waals surface area (Å²) in [5.74, 6) is 0. The van der Waals surface area contributed by atoms with Crippen molar-refractivity contribution in [2.24, 2.45) is 0 Å². The van der Waals surface area contributed by atoms with Gasteiger partial charge in [-0.05, 0) is 50.9 Å². The molecule has 1 aromatic carbocycles. The lowest BCUT2D eigenvalue weighted by Gasteiger charge is -2.04. The molecule has 0 amide bonds. The third-order valence-corrected chi connectivity index (χ3v) is 3.70. The summed E-state index contributed by atoms with van der Waals surface area (Å²) in [6.07, 6.45) is 5.73. The van der Waals surface area contributed by atoms with Crippen LogP contribution in [0.25, 0.3) is 10.9 Å². The second-order valence-corrected chi connectivity index (χ2v) is 5.53. The number of aryl methyl sites for hydroxylation is 2. The first kappa shape index (κ1) is 14.9. The summed E-state index contributed by atoms with van der Waals surface area (Å²) >= 11 is 0. The number of allylic oxidation sites excluding steroid dienone is 1. The van der Waals surface area contributed by atoms with E-state index < -0.39 is 0 Å². The largest absolute Gasteiger partial charge is 0.347 e. The fraction of sp³-hybridized carbons (Fsp3) is 0.444. The number of nitrogens with zero attached hydrogens (tertiary/aromatic N) is 1. The highest BCUT2D eigenvalue weighted by Crippen LogP contribution is 2.23. The molecule has 1 aromatic heterocycles. The van der Waals surface area contributed by atoms with E-state index in [1.165, 1.54) is 28.5 Å². The van der Waals surface area contributed by atoms with Crippen LogP contribution in [0.3, 0.4) is 0 Å². The molecule has 2 aromatic rings. The molecular weight excluding hydrogens is 244 g/mol. The summed E-state index contributed by atoms with van der Waals surface area (Å²) in [5.41, 5.74) is 4.07. The zero-order chi connectivity index (χ0) is 14.4. The number of para-hydroxylation sites is 1. The Bertz CT molecular complexity index is 566. The van der Waals surface area contributed by atoms with E-state index in [0.717, 1.165) is 32.5 Å². The van der Waals surface area contributed by atoms with Gasteiger partial charge >= 0.3 is 0 Å². The van der Waals surface area contributed by atoms with Crippen molar-refractivity contribution in [3.8, 4) is 0 Å². The molecule has 0 spiro atoms. The van der Waals surface area contributed by atoms with Crippen LogP contribution in [0.2, 0.25) is 0 Å². The van der Waals surface area contributed by atoms with Gasteiger partial charge in [0.25, 0.3) is 0 Å². The molecule has 0 aliphatic carbocycles. The molecule has 0 atom stereocenters. The molecule has 108 valence electrons. The maximum atomic E-state index is 4.01. The topological polar surface area (TPSA) is 17.0 Å². The van der Waals surface area contributed by atoms with Gasteiger partial charge in [0, 0.05) is 23.6 Å². The van der Waals surface area contributed by atoms with Crippen LogP contribution in [-0.4, -0.2) is 17.7 Å². The van der Waals surface area contributed by atoms with E-state index in [0.29, 0.717) is 0 Å². The van der Waals surface area contributed by atoms with E-state index in [-0.39, 0.29) is 0 Å². The standard InChI is InChI=1S/C18H26N2/c1-4-19-12-7-8-16-14-20(13-11-15(2)3)18-10-6-5-9-17(16)18/h5-6,9-10,14,19H,2,4,7-8,11-13H2,1,3H3. The molecule has 0 fully saturated rings. The normalized spacial score (nSPS) is 11.1. The van der Waals surface area contributed by atoms with Gasteiger partial charge < -0.3 is 9.88 Å². The first-order valence-electron chi connectivity index (χ1n) is 7.64. The molecular formula is C18H26N2. The highest BCUT2D eigenvalue weighted by atomic mass is 15.0. The van der Waals surface area contributed by atoms with E-state index in [9.17, 15) is 0 Å². The van der Waals surface area contributed by atoms with E-state index in [1.807, 2.05) is 0 Å². The molecule has 0 aliphatic heterocycles. The molecule has 1 N–H and O–H groups in total. The Morgan fingerprint density at radius 2 is 2.10 bits per heavy atom. The maximum absolute atomic E-state index is 4.01. The third-order valence-electron chi connectivity index (χ3n) is 3.70. The fourth-order valence-corrected chi connectivity index (χ4v) is 2.60. The average molecular weight is 270 g/mol. The van der Waals surface area contributed by atoms with Gasteiger partial charge in [-0.2, -0.15) is 0 Å². The van der Waals surface area contributed by atoms with Gasteiger partial charge in [-0.1, -0.05) is 30.7 Å². The monoisotopic (exact) mass is 270 g/mol. The first-order chi connectivity index (χ1) is 9.72. The van der Waals surface area contributed by atoms with Crippen LogP contribution in [0, 0.1) is 0 Å². The molecule has 0 aliphatic rings. The van der Waals surface area contributed by atoms with Crippen molar-refractivity contribution in [3.05, 3.63) is 48.2 Å². The van der Waals surface area contributed by atoms with Crippen LogP contribution in [0.5, 0.6) is 0 Å². The quantitative estimate of drug-likeness (QED) is 0.563. The van der Waals surface area contributed by atoms with Crippen LogP contribution in [-0.2, 0) is 13.0 Å². The maximum Gasteiger partial charge on any atom is 0.0483 e. The lowest BCUT2D eigenvalue weighted by molar-refractivity contribution is 0.670. The van der Waals surface area contributed by atoms with Crippen LogP contribution < -0.4 is 5.32 Å². The molecule has 0 radical (unpaired) electrons. The molecule has 20 heavy (non-hydrogen) atoms. The van der Waals surface area contributed by atoms with E-state index in [4.69, 9.17) is 0 Å². The Morgan fingerprint density at radius 1 is 1.30 bits per heavy atom. The summed E-state index contributed by atoms with van der Waals surface area (Å²) in [6, 6.07) is 8.73. The number of rotatable bonds is 8. The Hall–Kier alpha value is -1.54. The van der Waals surface area contributed by atoms with Crippen molar-refractivity contribution in [1.29, 1.82) is 0 Å². The first-order valence-corrected chi connectivity index (χ1v) is 7.64. The summed E-state index contributed by atoms with van der Waals surface area (Å²) in [4.78, 5) is 0. The van der Waals surface area contributed by atoms with Crippen molar-refractivity contribution < 1.29 is 0 Å². The second kappa shape index (κ2) is 7.30. The van der Waals surface area contributed by atoms with Crippen molar-refractivity contribution >= 4 is 10.9 Å². The van der Waals surface area contributed by atoms with E-state index in [2.05, 4.69) is 60.8 Å². The van der Waals surface area contributed by atoms with Crippen molar-refractivity contribution in [3.63, 3.8) is 0 Å². The second-order valence-electron chi connectivity index (χ2n) is 5.53. The molecule has 2 nitrogen and oxygen atoms in total. The van der Waals surface area contributed by atoms with Gasteiger partial charge in [-0.3, -0.25) is 0 Å². The zero-order valence-corrected chi connectivity index (χ0v) is 12.8. The number of aromatic nitrogens is 1. The van der Waals surface area contributed by atoms with Crippen LogP contribution in [0.1, 0.15) is 32.3 Å². The zero-order valence-electron chi connectivity index (χ0n) is 12.8. The lowest BCUT2D eigenvalue weighted by Crippen LogP contribution is -2.14. The average Bonchev–Trinajstić information content (AvgIpc) is 2.80. The van der Waals surface area contributed by atoms with Gasteiger partial charge in [-0.15, -0.1) is 6.58 Å². The van der Waals surface area contributed by atoms with Gasteiger partial charge in [0.05, 0.1) is 0 Å². The number of hydrogen-bond acceptors (Lipinski definition) is 1. The predicted molar refractivity (Wildman–Crippen MR) is 88.2 cm³/mol. The van der Waals surface area contributed by atoms with E-state index >= 15 is 0 Å². The van der Waals surface area contributed by atoms with Crippen LogP contribution >= 0.6 is 0 Å². The molecule has 1 heterocycles. The predicted octanol–water partition coefficient (Wildman–Crippen LogP) is 4.15. The SMILES string of the molecule is C=C(C)CCn1cc(CCCNCC)c2ccccc21. The summed E-state index contributed by atoms with van der Waals surface area (Å²) in [6.45, 7) is 11.4. The summed E-state index contributed by atoms with van der Waals surface area (Å²) < 4.78 is 2.38. The highest BCUT2D eigenvalue weighted by Gasteiger charge is 2.07. The van der Waals surface area contributed by atoms with Crippen molar-refractivity contribution in [2.45, 2.75) is 39.7 Å². The van der Waals surface area contributed by atoms with Gasteiger partial charge in [-0.25, -0.2) is 0 Å². The van der Waals surface area contributed by atoms with E-state index in [1.54, 1.807) is 0 Å². The van der Waals surface area contributed by atoms with Crippen LogP contribution in [0.15, 0.2) is 42.6 Å². The van der Waals surface area contributed by atoms with Gasteiger partial charge in [0.2, 0.25) is 0 Å². The number of hydrogen-bond donors (Lipinski definition) is 1. The fourth-order valence-electron chi connectivity index (χ4n) is 2.60. The minimum absolute atomic E-state index is 1.03. The summed E-state index contributed by atoms with van der Waals surface area (Å²) in [5, 5.41) is 4.80. The Labute approximate surface area is 122 Å². The Morgan fingerprint density at radius 3 is 2.85 bits per heavy atom. The number of fused-ring (bicyclic) bond motifs is 1. The van der Waals surface area contributed by atoms with Crippen LogP contribution in [0.4, 0.5) is 0 Å². The molecule has 0 saturated heterocycles. The Kier molecular flexibility index (Phi) is 5.42. The minimum Gasteiger partial charge on any atom is -0.347 e. The number of benzene rings is 1. The number of nitrogens with one attached hydrogen (secondary N) is 1. The molecule has 2 rings (SSSR count). The minimum atomic E-state index is 1.03. The Balaban J connectivity index is 2.15. The third kappa shape index (κ3) is 3.73. The molecule has 0 saturated carbocycles. The smallest absolute Gasteiger partial charge is 0.0483 e. The molecule has 2 heteroatoms. The molecule has 0 bridgehead atoms. The lowest BCUT2D eigenvalue weighted by atomic mass is 10.1. The van der Waals surface area contributed by atoms with Gasteiger partial charge in [0.1, 0.15) is 0 Å². The van der Waals surface area contributed by atoms with Gasteiger partial charge in [0.15, 0.2) is 0 Å². The highest BCUT2D eigenvalue weighted by molar-refractivity contribution is 5.84.